The first kappa shape index (κ1) is 23.0. The number of benzene rings is 3. The molecule has 3 aromatic carbocycles. The van der Waals surface area contributed by atoms with Gasteiger partial charge in [-0.15, -0.1) is 0 Å². The van der Waals surface area contributed by atoms with Crippen LogP contribution in [0.1, 0.15) is 35.8 Å². The van der Waals surface area contributed by atoms with Crippen molar-refractivity contribution in [3.05, 3.63) is 89.7 Å². The Morgan fingerprint density at radius 3 is 2.19 bits per heavy atom. The van der Waals surface area contributed by atoms with Gasteiger partial charge in [0.15, 0.2) is 0 Å². The maximum Gasteiger partial charge on any atom is 0.255 e. The molecule has 2 atom stereocenters. The van der Waals surface area contributed by atoms with E-state index in [2.05, 4.69) is 16.0 Å². The summed E-state index contributed by atoms with van der Waals surface area (Å²) in [5, 5.41) is 8.83. The highest BCUT2D eigenvalue weighted by atomic mass is 19.1. The third kappa shape index (κ3) is 5.92. The molecule has 0 saturated heterocycles. The van der Waals surface area contributed by atoms with Crippen molar-refractivity contribution in [2.45, 2.75) is 25.9 Å². The van der Waals surface area contributed by atoms with Crippen LogP contribution in [0.25, 0.3) is 0 Å². The first-order valence-corrected chi connectivity index (χ1v) is 10.2. The Kier molecular flexibility index (Phi) is 7.57. The number of amides is 2. The lowest BCUT2D eigenvalue weighted by Crippen LogP contribution is -2.39. The number of carbonyl (C=O) groups is 2. The maximum atomic E-state index is 13.1. The highest BCUT2D eigenvalue weighted by molar-refractivity contribution is 6.05. The van der Waals surface area contributed by atoms with Crippen LogP contribution < -0.4 is 20.7 Å². The maximum absolute atomic E-state index is 13.1. The summed E-state index contributed by atoms with van der Waals surface area (Å²) in [5.41, 5.74) is 2.49. The van der Waals surface area contributed by atoms with Crippen LogP contribution in [0.15, 0.2) is 72.8 Å². The summed E-state index contributed by atoms with van der Waals surface area (Å²) in [4.78, 5) is 25.1. The van der Waals surface area contributed by atoms with Crippen LogP contribution in [0.4, 0.5) is 15.8 Å². The standard InChI is InChI=1S/C25H26FN3O3/c1-16(18-8-12-20(26)13-9-18)27-17(2)24(30)28-21-14-10-19(11-15-21)25(31)29-22-6-4-5-7-23(22)32-3/h4-17,27H,1-3H3,(H,28,30)(H,29,31)/t16-,17+/m1/s1. The molecule has 32 heavy (non-hydrogen) atoms. The molecule has 166 valence electrons. The van der Waals surface area contributed by atoms with Crippen LogP contribution in [-0.2, 0) is 4.79 Å². The molecular formula is C25H26FN3O3. The van der Waals surface area contributed by atoms with Gasteiger partial charge < -0.3 is 15.4 Å². The smallest absolute Gasteiger partial charge is 0.255 e. The van der Waals surface area contributed by atoms with E-state index in [0.29, 0.717) is 22.7 Å². The predicted molar refractivity (Wildman–Crippen MR) is 123 cm³/mol. The monoisotopic (exact) mass is 435 g/mol. The van der Waals surface area contributed by atoms with E-state index in [-0.39, 0.29) is 23.7 Å². The van der Waals surface area contributed by atoms with Crippen molar-refractivity contribution < 1.29 is 18.7 Å². The van der Waals surface area contributed by atoms with Crippen molar-refractivity contribution in [2.24, 2.45) is 0 Å². The van der Waals surface area contributed by atoms with Crippen LogP contribution in [0, 0.1) is 5.82 Å². The van der Waals surface area contributed by atoms with Gasteiger partial charge in [0.2, 0.25) is 5.91 Å². The molecule has 0 saturated carbocycles. The summed E-state index contributed by atoms with van der Waals surface area (Å²) in [6, 6.07) is 19.3. The molecule has 0 aliphatic carbocycles. The highest BCUT2D eigenvalue weighted by Crippen LogP contribution is 2.24. The summed E-state index contributed by atoms with van der Waals surface area (Å²) in [7, 11) is 1.54. The molecule has 0 unspecified atom stereocenters. The van der Waals surface area contributed by atoms with E-state index in [1.807, 2.05) is 19.1 Å². The Morgan fingerprint density at radius 1 is 0.875 bits per heavy atom. The van der Waals surface area contributed by atoms with Gasteiger partial charge in [0, 0.05) is 17.3 Å². The summed E-state index contributed by atoms with van der Waals surface area (Å²) in [6.45, 7) is 3.66. The molecule has 2 amide bonds. The van der Waals surface area contributed by atoms with Crippen LogP contribution in [0.2, 0.25) is 0 Å². The molecule has 3 N–H and O–H groups in total. The minimum atomic E-state index is -0.483. The van der Waals surface area contributed by atoms with Crippen LogP contribution >= 0.6 is 0 Å². The van der Waals surface area contributed by atoms with E-state index in [1.165, 1.54) is 12.1 Å². The number of hydrogen-bond acceptors (Lipinski definition) is 4. The zero-order valence-electron chi connectivity index (χ0n) is 18.2. The second kappa shape index (κ2) is 10.5. The topological polar surface area (TPSA) is 79.5 Å². The number of anilines is 2. The number of carbonyl (C=O) groups excluding carboxylic acids is 2. The second-order valence-electron chi connectivity index (χ2n) is 7.38. The average Bonchev–Trinajstić information content (AvgIpc) is 2.80. The van der Waals surface area contributed by atoms with Crippen molar-refractivity contribution in [1.82, 2.24) is 5.32 Å². The largest absolute Gasteiger partial charge is 0.495 e. The van der Waals surface area contributed by atoms with Gasteiger partial charge in [-0.25, -0.2) is 4.39 Å². The minimum absolute atomic E-state index is 0.127. The molecule has 0 aliphatic rings. The van der Waals surface area contributed by atoms with Gasteiger partial charge >= 0.3 is 0 Å². The minimum Gasteiger partial charge on any atom is -0.495 e. The summed E-state index contributed by atoms with van der Waals surface area (Å²) in [6.07, 6.45) is 0. The third-order valence-electron chi connectivity index (χ3n) is 5.03. The number of ether oxygens (including phenoxy) is 1. The molecular weight excluding hydrogens is 409 g/mol. The van der Waals surface area contributed by atoms with Crippen molar-refractivity contribution >= 4 is 23.2 Å². The fourth-order valence-corrected chi connectivity index (χ4v) is 3.20. The van der Waals surface area contributed by atoms with Crippen LogP contribution in [-0.4, -0.2) is 25.0 Å². The van der Waals surface area contributed by atoms with E-state index in [4.69, 9.17) is 4.74 Å². The lowest BCUT2D eigenvalue weighted by atomic mass is 10.1. The van der Waals surface area contributed by atoms with Gasteiger partial charge in [0.05, 0.1) is 18.8 Å². The summed E-state index contributed by atoms with van der Waals surface area (Å²) in [5.74, 6) is -0.228. The number of methoxy groups -OCH3 is 1. The SMILES string of the molecule is COc1ccccc1NC(=O)c1ccc(NC(=O)[C@H](C)N[C@H](C)c2ccc(F)cc2)cc1. The third-order valence-corrected chi connectivity index (χ3v) is 5.03. The molecule has 0 heterocycles. The fourth-order valence-electron chi connectivity index (χ4n) is 3.20. The van der Waals surface area contributed by atoms with Crippen LogP contribution in [0.3, 0.4) is 0 Å². The molecule has 0 spiro atoms. The van der Waals surface area contributed by atoms with E-state index < -0.39 is 6.04 Å². The normalized spacial score (nSPS) is 12.5. The first-order chi connectivity index (χ1) is 15.4. The van der Waals surface area contributed by atoms with Gasteiger partial charge in [0.25, 0.3) is 5.91 Å². The summed E-state index contributed by atoms with van der Waals surface area (Å²) >= 11 is 0. The Balaban J connectivity index is 1.56. The molecule has 3 aromatic rings. The Morgan fingerprint density at radius 2 is 1.53 bits per heavy atom. The number of nitrogens with one attached hydrogen (secondary N) is 3. The highest BCUT2D eigenvalue weighted by Gasteiger charge is 2.17. The van der Waals surface area contributed by atoms with E-state index in [9.17, 15) is 14.0 Å². The molecule has 0 aromatic heterocycles. The van der Waals surface area contributed by atoms with Gasteiger partial charge in [-0.05, 0) is 67.9 Å². The fraction of sp³-hybridized carbons (Fsp3) is 0.200. The number of para-hydroxylation sites is 2. The quantitative estimate of drug-likeness (QED) is 0.476. The lowest BCUT2D eigenvalue weighted by molar-refractivity contribution is -0.117. The van der Waals surface area contributed by atoms with E-state index in [0.717, 1.165) is 5.56 Å². The Hall–Kier alpha value is -3.71. The Labute approximate surface area is 186 Å². The van der Waals surface area contributed by atoms with Gasteiger partial charge in [-0.3, -0.25) is 14.9 Å². The molecule has 3 rings (SSSR count). The lowest BCUT2D eigenvalue weighted by Gasteiger charge is -2.20. The second-order valence-corrected chi connectivity index (χ2v) is 7.38. The zero-order chi connectivity index (χ0) is 23.1. The molecule has 6 nitrogen and oxygen atoms in total. The molecule has 0 aliphatic heterocycles. The number of hydrogen-bond donors (Lipinski definition) is 3. The molecule has 7 heteroatoms. The van der Waals surface area contributed by atoms with Gasteiger partial charge in [-0.1, -0.05) is 24.3 Å². The van der Waals surface area contributed by atoms with Crippen molar-refractivity contribution in [2.75, 3.05) is 17.7 Å². The van der Waals surface area contributed by atoms with Crippen molar-refractivity contribution in [3.63, 3.8) is 0 Å². The Bertz CT molecular complexity index is 1070. The number of rotatable bonds is 8. The van der Waals surface area contributed by atoms with Crippen molar-refractivity contribution in [3.8, 4) is 5.75 Å². The predicted octanol–water partition coefficient (Wildman–Crippen LogP) is 4.76. The molecule has 0 fully saturated rings. The summed E-state index contributed by atoms with van der Waals surface area (Å²) < 4.78 is 18.3. The average molecular weight is 435 g/mol. The molecule has 0 bridgehead atoms. The van der Waals surface area contributed by atoms with Gasteiger partial charge in [-0.2, -0.15) is 0 Å². The van der Waals surface area contributed by atoms with E-state index in [1.54, 1.807) is 62.6 Å². The zero-order valence-corrected chi connectivity index (χ0v) is 18.2. The molecule has 0 radical (unpaired) electrons. The number of halogens is 1. The van der Waals surface area contributed by atoms with Crippen LogP contribution in [0.5, 0.6) is 5.75 Å². The van der Waals surface area contributed by atoms with Crippen molar-refractivity contribution in [1.29, 1.82) is 0 Å². The first-order valence-electron chi connectivity index (χ1n) is 10.2. The van der Waals surface area contributed by atoms with E-state index >= 15 is 0 Å². The van der Waals surface area contributed by atoms with Gasteiger partial charge in [0.1, 0.15) is 11.6 Å².